The lowest BCUT2D eigenvalue weighted by atomic mass is 10.2. The van der Waals surface area contributed by atoms with Crippen molar-refractivity contribution >= 4 is 11.6 Å². The molecule has 3 heteroatoms. The fourth-order valence-corrected chi connectivity index (χ4v) is 0.912. The van der Waals surface area contributed by atoms with Crippen LogP contribution in [-0.4, -0.2) is 6.54 Å². The van der Waals surface area contributed by atoms with Gasteiger partial charge in [0.1, 0.15) is 5.82 Å². The normalized spacial score (nSPS) is 8.92. The van der Waals surface area contributed by atoms with Crippen LogP contribution in [0, 0.1) is 17.7 Å². The molecule has 0 amide bonds. The molecule has 0 heterocycles. The van der Waals surface area contributed by atoms with E-state index in [9.17, 15) is 4.39 Å². The molecule has 1 aromatic rings. The maximum atomic E-state index is 12.9. The van der Waals surface area contributed by atoms with Crippen molar-refractivity contribution < 1.29 is 4.39 Å². The van der Waals surface area contributed by atoms with Crippen molar-refractivity contribution in [3.8, 4) is 11.8 Å². The Morgan fingerprint density at radius 1 is 1.50 bits per heavy atom. The minimum absolute atomic E-state index is 0.214. The standard InChI is InChI=1S/C9H7ClFN/c10-8-3-4-9(11)7(6-8)2-1-5-12/h3-4,6H,5,12H2. The summed E-state index contributed by atoms with van der Waals surface area (Å²) < 4.78 is 12.9. The van der Waals surface area contributed by atoms with Gasteiger partial charge in [0, 0.05) is 5.02 Å². The van der Waals surface area contributed by atoms with E-state index in [1.165, 1.54) is 18.2 Å². The zero-order valence-electron chi connectivity index (χ0n) is 6.27. The monoisotopic (exact) mass is 183 g/mol. The van der Waals surface area contributed by atoms with E-state index in [1.54, 1.807) is 0 Å². The van der Waals surface area contributed by atoms with Gasteiger partial charge in [-0.3, -0.25) is 0 Å². The summed E-state index contributed by atoms with van der Waals surface area (Å²) in [6, 6.07) is 4.23. The zero-order valence-corrected chi connectivity index (χ0v) is 7.03. The number of hydrogen-bond acceptors (Lipinski definition) is 1. The van der Waals surface area contributed by atoms with Crippen LogP contribution in [0.4, 0.5) is 4.39 Å². The minimum atomic E-state index is -0.375. The van der Waals surface area contributed by atoms with Crippen molar-refractivity contribution in [3.63, 3.8) is 0 Å². The maximum Gasteiger partial charge on any atom is 0.138 e. The summed E-state index contributed by atoms with van der Waals surface area (Å²) in [4.78, 5) is 0. The van der Waals surface area contributed by atoms with Crippen molar-refractivity contribution in [2.75, 3.05) is 6.54 Å². The molecule has 0 aliphatic rings. The van der Waals surface area contributed by atoms with Gasteiger partial charge in [-0.05, 0) is 18.2 Å². The van der Waals surface area contributed by atoms with Crippen LogP contribution in [0.2, 0.25) is 5.02 Å². The van der Waals surface area contributed by atoms with E-state index in [-0.39, 0.29) is 17.9 Å². The van der Waals surface area contributed by atoms with E-state index in [1.807, 2.05) is 0 Å². The van der Waals surface area contributed by atoms with Crippen molar-refractivity contribution in [2.24, 2.45) is 5.73 Å². The molecule has 0 radical (unpaired) electrons. The first-order chi connectivity index (χ1) is 5.74. The van der Waals surface area contributed by atoms with E-state index in [0.717, 1.165) is 0 Å². The number of nitrogens with two attached hydrogens (primary N) is 1. The lowest BCUT2D eigenvalue weighted by Crippen LogP contribution is -1.93. The molecular formula is C9H7ClFN. The minimum Gasteiger partial charge on any atom is -0.320 e. The molecular weight excluding hydrogens is 177 g/mol. The second-order valence-electron chi connectivity index (χ2n) is 2.13. The summed E-state index contributed by atoms with van der Waals surface area (Å²) in [5.41, 5.74) is 5.42. The molecule has 0 atom stereocenters. The second kappa shape index (κ2) is 4.10. The Balaban J connectivity index is 3.05. The number of benzene rings is 1. The van der Waals surface area contributed by atoms with Gasteiger partial charge in [-0.25, -0.2) is 4.39 Å². The van der Waals surface area contributed by atoms with Gasteiger partial charge in [0.25, 0.3) is 0 Å². The lowest BCUT2D eigenvalue weighted by molar-refractivity contribution is 0.624. The largest absolute Gasteiger partial charge is 0.320 e. The van der Waals surface area contributed by atoms with Gasteiger partial charge in [-0.1, -0.05) is 23.4 Å². The number of halogens is 2. The molecule has 2 N–H and O–H groups in total. The van der Waals surface area contributed by atoms with Gasteiger partial charge < -0.3 is 5.73 Å². The zero-order chi connectivity index (χ0) is 8.97. The molecule has 1 aromatic carbocycles. The molecule has 1 rings (SSSR count). The van der Waals surface area contributed by atoms with Crippen LogP contribution in [-0.2, 0) is 0 Å². The first-order valence-corrected chi connectivity index (χ1v) is 3.76. The van der Waals surface area contributed by atoms with Gasteiger partial charge in [-0.2, -0.15) is 0 Å². The van der Waals surface area contributed by atoms with Crippen LogP contribution in [0.3, 0.4) is 0 Å². The summed E-state index contributed by atoms with van der Waals surface area (Å²) >= 11 is 5.63. The summed E-state index contributed by atoms with van der Waals surface area (Å²) in [6.45, 7) is 0.214. The van der Waals surface area contributed by atoms with Crippen molar-refractivity contribution in [3.05, 3.63) is 34.6 Å². The molecule has 0 aliphatic heterocycles. The quantitative estimate of drug-likeness (QED) is 0.610. The third-order valence-corrected chi connectivity index (χ3v) is 1.49. The predicted octanol–water partition coefficient (Wildman–Crippen LogP) is 1.79. The van der Waals surface area contributed by atoms with Gasteiger partial charge in [-0.15, -0.1) is 0 Å². The first kappa shape index (κ1) is 9.05. The molecule has 0 aliphatic carbocycles. The predicted molar refractivity (Wildman–Crippen MR) is 47.3 cm³/mol. The van der Waals surface area contributed by atoms with Crippen LogP contribution >= 0.6 is 11.6 Å². The Hall–Kier alpha value is -1.04. The highest BCUT2D eigenvalue weighted by Crippen LogP contribution is 2.13. The summed E-state index contributed by atoms with van der Waals surface area (Å²) in [5.74, 6) is 4.76. The van der Waals surface area contributed by atoms with Crippen LogP contribution in [0.15, 0.2) is 18.2 Å². The Morgan fingerprint density at radius 3 is 2.92 bits per heavy atom. The fraction of sp³-hybridized carbons (Fsp3) is 0.111. The summed E-state index contributed by atoms with van der Waals surface area (Å²) in [7, 11) is 0. The molecule has 0 spiro atoms. The van der Waals surface area contributed by atoms with E-state index >= 15 is 0 Å². The highest BCUT2D eigenvalue weighted by Gasteiger charge is 1.98. The second-order valence-corrected chi connectivity index (χ2v) is 2.57. The average molecular weight is 184 g/mol. The van der Waals surface area contributed by atoms with E-state index in [0.29, 0.717) is 5.02 Å². The Kier molecular flexibility index (Phi) is 3.09. The molecule has 0 fully saturated rings. The van der Waals surface area contributed by atoms with Gasteiger partial charge >= 0.3 is 0 Å². The molecule has 0 saturated heterocycles. The van der Waals surface area contributed by atoms with E-state index in [4.69, 9.17) is 17.3 Å². The van der Waals surface area contributed by atoms with Crippen molar-refractivity contribution in [1.29, 1.82) is 0 Å². The SMILES string of the molecule is NCC#Cc1cc(Cl)ccc1F. The molecule has 62 valence electrons. The lowest BCUT2D eigenvalue weighted by Gasteiger charge is -1.93. The van der Waals surface area contributed by atoms with Crippen molar-refractivity contribution in [2.45, 2.75) is 0 Å². The molecule has 0 bridgehead atoms. The van der Waals surface area contributed by atoms with Crippen molar-refractivity contribution in [1.82, 2.24) is 0 Å². The van der Waals surface area contributed by atoms with Crippen LogP contribution < -0.4 is 5.73 Å². The fourth-order valence-electron chi connectivity index (χ4n) is 0.740. The maximum absolute atomic E-state index is 12.9. The molecule has 0 aromatic heterocycles. The van der Waals surface area contributed by atoms with Gasteiger partial charge in [0.15, 0.2) is 0 Å². The van der Waals surface area contributed by atoms with Crippen LogP contribution in [0.1, 0.15) is 5.56 Å². The third kappa shape index (κ3) is 2.23. The van der Waals surface area contributed by atoms with Crippen LogP contribution in [0.5, 0.6) is 0 Å². The average Bonchev–Trinajstić information content (AvgIpc) is 2.07. The Morgan fingerprint density at radius 2 is 2.25 bits per heavy atom. The highest BCUT2D eigenvalue weighted by molar-refractivity contribution is 6.30. The molecule has 1 nitrogen and oxygen atoms in total. The molecule has 12 heavy (non-hydrogen) atoms. The summed E-state index contributed by atoms with van der Waals surface area (Å²) in [6.07, 6.45) is 0. The number of hydrogen-bond donors (Lipinski definition) is 1. The molecule has 0 unspecified atom stereocenters. The Labute approximate surface area is 75.3 Å². The van der Waals surface area contributed by atoms with E-state index in [2.05, 4.69) is 11.8 Å². The van der Waals surface area contributed by atoms with Gasteiger partial charge in [0.05, 0.1) is 12.1 Å². The van der Waals surface area contributed by atoms with Gasteiger partial charge in [0.2, 0.25) is 0 Å². The smallest absolute Gasteiger partial charge is 0.138 e. The Bertz CT molecular complexity index is 338. The highest BCUT2D eigenvalue weighted by atomic mass is 35.5. The number of rotatable bonds is 0. The van der Waals surface area contributed by atoms with E-state index < -0.39 is 0 Å². The van der Waals surface area contributed by atoms with Crippen LogP contribution in [0.25, 0.3) is 0 Å². The topological polar surface area (TPSA) is 26.0 Å². The first-order valence-electron chi connectivity index (χ1n) is 3.38. The molecule has 0 saturated carbocycles. The summed E-state index contributed by atoms with van der Waals surface area (Å²) in [5, 5.41) is 0.470. The third-order valence-electron chi connectivity index (χ3n) is 1.25.